The van der Waals surface area contributed by atoms with Crippen LogP contribution in [0.1, 0.15) is 12.8 Å². The number of amides is 3. The molecule has 1 saturated heterocycles. The monoisotopic (exact) mass is 183 g/mol. The fraction of sp³-hybridized carbons (Fsp3) is 0.375. The molecule has 1 aliphatic rings. The summed E-state index contributed by atoms with van der Waals surface area (Å²) in [5.41, 5.74) is 0. The lowest BCUT2D eigenvalue weighted by atomic mass is 10.0. The highest BCUT2D eigenvalue weighted by Gasteiger charge is 2.41. The number of imide groups is 3. The van der Waals surface area contributed by atoms with Crippen molar-refractivity contribution >= 4 is 17.9 Å². The zero-order valence-corrected chi connectivity index (χ0v) is 6.90. The number of allylic oxidation sites excluding steroid dienone is 1. The fourth-order valence-corrected chi connectivity index (χ4v) is 1.28. The first-order valence-corrected chi connectivity index (χ1v) is 3.78. The summed E-state index contributed by atoms with van der Waals surface area (Å²) in [4.78, 5) is 32.9. The fourth-order valence-electron chi connectivity index (χ4n) is 1.28. The van der Waals surface area contributed by atoms with Gasteiger partial charge in [0, 0.05) is 6.42 Å². The first-order chi connectivity index (χ1) is 6.07. The van der Waals surface area contributed by atoms with Gasteiger partial charge in [-0.25, -0.2) is 4.79 Å². The van der Waals surface area contributed by atoms with Gasteiger partial charge in [0.1, 0.15) is 0 Å². The van der Waals surface area contributed by atoms with E-state index in [-0.39, 0.29) is 11.3 Å². The Morgan fingerprint density at radius 2 is 2.31 bits per heavy atom. The molecular formula is C8H9NO4. The molecule has 0 aromatic rings. The highest BCUT2D eigenvalue weighted by molar-refractivity contribution is 6.13. The van der Waals surface area contributed by atoms with E-state index in [9.17, 15) is 14.4 Å². The number of likely N-dealkylation sites (tertiary alicyclic amines) is 1. The summed E-state index contributed by atoms with van der Waals surface area (Å²) in [6.45, 7) is 3.42. The third kappa shape index (κ3) is 1.58. The van der Waals surface area contributed by atoms with E-state index in [0.29, 0.717) is 6.42 Å². The van der Waals surface area contributed by atoms with Crippen molar-refractivity contribution in [2.24, 2.45) is 5.92 Å². The molecule has 0 radical (unpaired) electrons. The minimum Gasteiger partial charge on any atom is -0.464 e. The minimum atomic E-state index is -1.50. The summed E-state index contributed by atoms with van der Waals surface area (Å²) in [6, 6.07) is 0. The van der Waals surface area contributed by atoms with Gasteiger partial charge < -0.3 is 5.11 Å². The second-order valence-corrected chi connectivity index (χ2v) is 2.78. The van der Waals surface area contributed by atoms with E-state index >= 15 is 0 Å². The third-order valence-electron chi connectivity index (χ3n) is 1.88. The van der Waals surface area contributed by atoms with Crippen LogP contribution in [-0.4, -0.2) is 27.9 Å². The quantitative estimate of drug-likeness (QED) is 0.503. The topological polar surface area (TPSA) is 74.7 Å². The van der Waals surface area contributed by atoms with E-state index in [4.69, 9.17) is 5.11 Å². The molecule has 1 aliphatic heterocycles. The second-order valence-electron chi connectivity index (χ2n) is 2.78. The Morgan fingerprint density at radius 3 is 2.69 bits per heavy atom. The zero-order chi connectivity index (χ0) is 10.0. The Balaban J connectivity index is 2.81. The van der Waals surface area contributed by atoms with Crippen molar-refractivity contribution < 1.29 is 19.5 Å². The lowest BCUT2D eigenvalue weighted by Crippen LogP contribution is -2.35. The van der Waals surface area contributed by atoms with Crippen molar-refractivity contribution in [1.82, 2.24) is 4.90 Å². The molecule has 3 amide bonds. The number of carbonyl (C=O) groups excluding carboxylic acids is 2. The van der Waals surface area contributed by atoms with E-state index in [1.807, 2.05) is 0 Å². The maximum Gasteiger partial charge on any atom is 0.421 e. The van der Waals surface area contributed by atoms with Crippen molar-refractivity contribution in [2.75, 3.05) is 0 Å². The number of hydrogen-bond donors (Lipinski definition) is 1. The van der Waals surface area contributed by atoms with Gasteiger partial charge in [-0.1, -0.05) is 6.08 Å². The highest BCUT2D eigenvalue weighted by Crippen LogP contribution is 2.22. The number of carboxylic acid groups (broad SMARTS) is 1. The van der Waals surface area contributed by atoms with Crippen molar-refractivity contribution in [3.63, 3.8) is 0 Å². The van der Waals surface area contributed by atoms with Crippen LogP contribution in [-0.2, 0) is 9.59 Å². The molecule has 1 atom stereocenters. The summed E-state index contributed by atoms with van der Waals surface area (Å²) in [6.07, 6.45) is 0.314. The standard InChI is InChI=1S/C8H9NO4/c1-2-3-5-4-6(10)9(7(5)11)8(12)13/h2,5H,1,3-4H2,(H,12,13). The van der Waals surface area contributed by atoms with Crippen molar-refractivity contribution in [3.8, 4) is 0 Å². The van der Waals surface area contributed by atoms with Gasteiger partial charge in [-0.2, -0.15) is 4.90 Å². The molecular weight excluding hydrogens is 174 g/mol. The highest BCUT2D eigenvalue weighted by atomic mass is 16.4. The summed E-state index contributed by atoms with van der Waals surface area (Å²) < 4.78 is 0. The maximum atomic E-state index is 11.2. The van der Waals surface area contributed by atoms with Crippen LogP contribution >= 0.6 is 0 Å². The molecule has 0 aliphatic carbocycles. The first kappa shape index (κ1) is 9.44. The van der Waals surface area contributed by atoms with Crippen LogP contribution in [0, 0.1) is 5.92 Å². The van der Waals surface area contributed by atoms with Crippen LogP contribution in [0.3, 0.4) is 0 Å². The van der Waals surface area contributed by atoms with Gasteiger partial charge in [-0.3, -0.25) is 9.59 Å². The summed E-state index contributed by atoms with van der Waals surface area (Å²) in [7, 11) is 0. The van der Waals surface area contributed by atoms with Crippen LogP contribution in [0.4, 0.5) is 4.79 Å². The number of hydrogen-bond acceptors (Lipinski definition) is 3. The van der Waals surface area contributed by atoms with Crippen LogP contribution in [0.2, 0.25) is 0 Å². The minimum absolute atomic E-state index is 0.0306. The van der Waals surface area contributed by atoms with Crippen molar-refractivity contribution in [2.45, 2.75) is 12.8 Å². The van der Waals surface area contributed by atoms with Gasteiger partial charge in [-0.15, -0.1) is 6.58 Å². The summed E-state index contributed by atoms with van der Waals surface area (Å²) in [5, 5.41) is 8.50. The Bertz CT molecular complexity index is 284. The van der Waals surface area contributed by atoms with Crippen molar-refractivity contribution in [1.29, 1.82) is 0 Å². The van der Waals surface area contributed by atoms with Gasteiger partial charge in [-0.05, 0) is 6.42 Å². The first-order valence-electron chi connectivity index (χ1n) is 3.78. The van der Waals surface area contributed by atoms with Crippen LogP contribution < -0.4 is 0 Å². The van der Waals surface area contributed by atoms with Gasteiger partial charge >= 0.3 is 6.09 Å². The van der Waals surface area contributed by atoms with E-state index in [0.717, 1.165) is 0 Å². The molecule has 1 heterocycles. The average molecular weight is 183 g/mol. The third-order valence-corrected chi connectivity index (χ3v) is 1.88. The summed E-state index contributed by atoms with van der Waals surface area (Å²) in [5.74, 6) is -1.83. The van der Waals surface area contributed by atoms with Gasteiger partial charge in [0.2, 0.25) is 11.8 Å². The molecule has 1 fully saturated rings. The maximum absolute atomic E-state index is 11.2. The predicted molar refractivity (Wildman–Crippen MR) is 42.8 cm³/mol. The molecule has 0 aromatic carbocycles. The molecule has 0 spiro atoms. The Morgan fingerprint density at radius 1 is 1.69 bits per heavy atom. The number of carbonyl (C=O) groups is 3. The molecule has 70 valence electrons. The zero-order valence-electron chi connectivity index (χ0n) is 6.90. The molecule has 1 N–H and O–H groups in total. The molecule has 13 heavy (non-hydrogen) atoms. The predicted octanol–water partition coefficient (Wildman–Crippen LogP) is 0.616. The Hall–Kier alpha value is -1.65. The van der Waals surface area contributed by atoms with Gasteiger partial charge in [0.15, 0.2) is 0 Å². The molecule has 5 heteroatoms. The van der Waals surface area contributed by atoms with Gasteiger partial charge in [0.05, 0.1) is 5.92 Å². The van der Waals surface area contributed by atoms with Crippen LogP contribution in [0.25, 0.3) is 0 Å². The van der Waals surface area contributed by atoms with Crippen LogP contribution in [0.5, 0.6) is 0 Å². The normalized spacial score (nSPS) is 22.2. The smallest absolute Gasteiger partial charge is 0.421 e. The largest absolute Gasteiger partial charge is 0.464 e. The summed E-state index contributed by atoms with van der Waals surface area (Å²) >= 11 is 0. The number of nitrogens with zero attached hydrogens (tertiary/aromatic N) is 1. The van der Waals surface area contributed by atoms with Gasteiger partial charge in [0.25, 0.3) is 0 Å². The molecule has 0 aromatic heterocycles. The Labute approximate surface area is 74.6 Å². The van der Waals surface area contributed by atoms with Crippen LogP contribution in [0.15, 0.2) is 12.7 Å². The second kappa shape index (κ2) is 3.38. The van der Waals surface area contributed by atoms with E-state index in [1.54, 1.807) is 0 Å². The lowest BCUT2D eigenvalue weighted by Gasteiger charge is -2.06. The molecule has 1 unspecified atom stereocenters. The number of rotatable bonds is 2. The van der Waals surface area contributed by atoms with Crippen molar-refractivity contribution in [3.05, 3.63) is 12.7 Å². The average Bonchev–Trinajstić information content (AvgIpc) is 2.28. The Kier molecular flexibility index (Phi) is 2.46. The lowest BCUT2D eigenvalue weighted by molar-refractivity contribution is -0.136. The van der Waals surface area contributed by atoms with E-state index in [1.165, 1.54) is 6.08 Å². The molecule has 0 saturated carbocycles. The molecule has 5 nitrogen and oxygen atoms in total. The molecule has 0 bridgehead atoms. The van der Waals surface area contributed by atoms with E-state index in [2.05, 4.69) is 6.58 Å². The van der Waals surface area contributed by atoms with E-state index < -0.39 is 23.8 Å². The molecule has 1 rings (SSSR count). The SMILES string of the molecule is C=CCC1CC(=O)N(C(=O)O)C1=O.